The van der Waals surface area contributed by atoms with E-state index >= 15 is 0 Å². The molecule has 1 saturated heterocycles. The summed E-state index contributed by atoms with van der Waals surface area (Å²) in [6.07, 6.45) is 0. The Kier molecular flexibility index (Phi) is 3.35. The van der Waals surface area contributed by atoms with Crippen molar-refractivity contribution in [1.82, 2.24) is 4.90 Å². The number of Topliss-reactive ketones (excluding diaryl/α,β-unsaturated/α-hetero) is 1. The Bertz CT molecular complexity index is 329. The van der Waals surface area contributed by atoms with Crippen LogP contribution in [0, 0.1) is 5.92 Å². The van der Waals surface area contributed by atoms with E-state index in [2.05, 4.69) is 0 Å². The molecule has 1 atom stereocenters. The number of ether oxygens (including phenoxy) is 1. The van der Waals surface area contributed by atoms with Crippen molar-refractivity contribution in [1.29, 1.82) is 0 Å². The summed E-state index contributed by atoms with van der Waals surface area (Å²) in [5.74, 6) is -2.81. The SMILES string of the molecule is CCOC(=O)C1C(=O)CN(C(C)(C)C)C1=O. The van der Waals surface area contributed by atoms with Gasteiger partial charge in [0.2, 0.25) is 5.91 Å². The molecule has 1 unspecified atom stereocenters. The van der Waals surface area contributed by atoms with Crippen molar-refractivity contribution in [3.05, 3.63) is 0 Å². The lowest BCUT2D eigenvalue weighted by Gasteiger charge is -2.31. The van der Waals surface area contributed by atoms with Crippen molar-refractivity contribution in [2.45, 2.75) is 33.2 Å². The van der Waals surface area contributed by atoms with E-state index in [0.717, 1.165) is 0 Å². The van der Waals surface area contributed by atoms with E-state index in [1.807, 2.05) is 20.8 Å². The van der Waals surface area contributed by atoms with E-state index < -0.39 is 23.3 Å². The zero-order valence-electron chi connectivity index (χ0n) is 10.1. The maximum absolute atomic E-state index is 11.9. The van der Waals surface area contributed by atoms with Gasteiger partial charge in [0.1, 0.15) is 0 Å². The normalized spacial score (nSPS) is 21.5. The molecule has 0 aromatic heterocycles. The Morgan fingerprint density at radius 2 is 2.00 bits per heavy atom. The van der Waals surface area contributed by atoms with Crippen LogP contribution >= 0.6 is 0 Å². The average molecular weight is 227 g/mol. The zero-order valence-corrected chi connectivity index (χ0v) is 10.1. The summed E-state index contributed by atoms with van der Waals surface area (Å²) in [5, 5.41) is 0. The van der Waals surface area contributed by atoms with E-state index in [4.69, 9.17) is 4.74 Å². The van der Waals surface area contributed by atoms with Crippen molar-refractivity contribution in [3.8, 4) is 0 Å². The van der Waals surface area contributed by atoms with Crippen molar-refractivity contribution in [2.75, 3.05) is 13.2 Å². The summed E-state index contributed by atoms with van der Waals surface area (Å²) < 4.78 is 4.72. The van der Waals surface area contributed by atoms with Gasteiger partial charge in [-0.1, -0.05) is 0 Å². The quantitative estimate of drug-likeness (QED) is 0.505. The molecular weight excluding hydrogens is 210 g/mol. The molecule has 90 valence electrons. The molecule has 0 aromatic carbocycles. The first-order chi connectivity index (χ1) is 7.29. The molecule has 1 amide bonds. The summed E-state index contributed by atoms with van der Waals surface area (Å²) in [6.45, 7) is 7.28. The number of carbonyl (C=O) groups is 3. The fraction of sp³-hybridized carbons (Fsp3) is 0.727. The first-order valence-corrected chi connectivity index (χ1v) is 5.30. The van der Waals surface area contributed by atoms with Gasteiger partial charge >= 0.3 is 5.97 Å². The maximum Gasteiger partial charge on any atom is 0.326 e. The molecular formula is C11H17NO4. The molecule has 0 spiro atoms. The van der Waals surface area contributed by atoms with Crippen molar-refractivity contribution in [2.24, 2.45) is 5.92 Å². The minimum Gasteiger partial charge on any atom is -0.465 e. The van der Waals surface area contributed by atoms with E-state index in [0.29, 0.717) is 0 Å². The maximum atomic E-state index is 11.9. The minimum absolute atomic E-state index is 0.00812. The number of hydrogen-bond acceptors (Lipinski definition) is 4. The van der Waals surface area contributed by atoms with Crippen LogP contribution in [0.5, 0.6) is 0 Å². The molecule has 1 aliphatic heterocycles. The molecule has 0 aromatic rings. The van der Waals surface area contributed by atoms with Crippen LogP contribution in [0.1, 0.15) is 27.7 Å². The van der Waals surface area contributed by atoms with Crippen molar-refractivity contribution in [3.63, 3.8) is 0 Å². The highest BCUT2D eigenvalue weighted by Crippen LogP contribution is 2.24. The summed E-state index contributed by atoms with van der Waals surface area (Å²) in [4.78, 5) is 36.3. The van der Waals surface area contributed by atoms with Crippen LogP contribution in [0.4, 0.5) is 0 Å². The highest BCUT2D eigenvalue weighted by atomic mass is 16.5. The molecule has 16 heavy (non-hydrogen) atoms. The topological polar surface area (TPSA) is 63.7 Å². The van der Waals surface area contributed by atoms with Gasteiger partial charge in [0, 0.05) is 5.54 Å². The minimum atomic E-state index is -1.25. The molecule has 0 radical (unpaired) electrons. The van der Waals surface area contributed by atoms with Crippen LogP contribution in [0.25, 0.3) is 0 Å². The number of likely N-dealkylation sites (tertiary alicyclic amines) is 1. The lowest BCUT2D eigenvalue weighted by Crippen LogP contribution is -2.44. The third-order valence-electron chi connectivity index (χ3n) is 2.48. The predicted molar refractivity (Wildman–Crippen MR) is 56.6 cm³/mol. The van der Waals surface area contributed by atoms with Gasteiger partial charge in [-0.3, -0.25) is 14.4 Å². The lowest BCUT2D eigenvalue weighted by atomic mass is 10.1. The fourth-order valence-electron chi connectivity index (χ4n) is 1.64. The molecule has 1 aliphatic rings. The van der Waals surface area contributed by atoms with Crippen molar-refractivity contribution >= 4 is 17.7 Å². The van der Waals surface area contributed by atoms with Crippen LogP contribution in [0.15, 0.2) is 0 Å². The number of amides is 1. The second-order valence-corrected chi connectivity index (χ2v) is 4.75. The smallest absolute Gasteiger partial charge is 0.326 e. The van der Waals surface area contributed by atoms with Crippen LogP contribution in [0.2, 0.25) is 0 Å². The van der Waals surface area contributed by atoms with Gasteiger partial charge in [0.15, 0.2) is 11.7 Å². The van der Waals surface area contributed by atoms with Crippen LogP contribution < -0.4 is 0 Å². The van der Waals surface area contributed by atoms with Gasteiger partial charge in [-0.2, -0.15) is 0 Å². The summed E-state index contributed by atoms with van der Waals surface area (Å²) in [6, 6.07) is 0. The van der Waals surface area contributed by atoms with Gasteiger partial charge in [0.25, 0.3) is 0 Å². The number of nitrogens with zero attached hydrogens (tertiary/aromatic N) is 1. The Labute approximate surface area is 94.7 Å². The molecule has 1 rings (SSSR count). The van der Waals surface area contributed by atoms with E-state index in [1.54, 1.807) is 6.92 Å². The Morgan fingerprint density at radius 1 is 1.44 bits per heavy atom. The summed E-state index contributed by atoms with van der Waals surface area (Å²) in [7, 11) is 0. The van der Waals surface area contributed by atoms with Crippen LogP contribution in [0.3, 0.4) is 0 Å². The van der Waals surface area contributed by atoms with Crippen molar-refractivity contribution < 1.29 is 19.1 Å². The standard InChI is InChI=1S/C11H17NO4/c1-5-16-10(15)8-7(13)6-12(9(8)14)11(2,3)4/h8H,5-6H2,1-4H3. The Hall–Kier alpha value is -1.39. The second-order valence-electron chi connectivity index (χ2n) is 4.75. The van der Waals surface area contributed by atoms with Gasteiger partial charge in [-0.05, 0) is 27.7 Å². The number of rotatable bonds is 2. The van der Waals surface area contributed by atoms with E-state index in [-0.39, 0.29) is 18.9 Å². The first kappa shape index (κ1) is 12.7. The largest absolute Gasteiger partial charge is 0.465 e. The highest BCUT2D eigenvalue weighted by molar-refractivity contribution is 6.21. The third kappa shape index (κ3) is 2.23. The van der Waals surface area contributed by atoms with Gasteiger partial charge in [0.05, 0.1) is 13.2 Å². The molecule has 1 fully saturated rings. The number of ketones is 1. The third-order valence-corrected chi connectivity index (χ3v) is 2.48. The van der Waals surface area contributed by atoms with E-state index in [1.165, 1.54) is 4.90 Å². The van der Waals surface area contributed by atoms with Gasteiger partial charge in [-0.15, -0.1) is 0 Å². The Morgan fingerprint density at radius 3 is 2.38 bits per heavy atom. The molecule has 1 heterocycles. The van der Waals surface area contributed by atoms with Gasteiger partial charge in [-0.25, -0.2) is 0 Å². The molecule has 5 nitrogen and oxygen atoms in total. The average Bonchev–Trinajstić information content (AvgIpc) is 2.41. The molecule has 0 aliphatic carbocycles. The van der Waals surface area contributed by atoms with Crippen LogP contribution in [-0.2, 0) is 19.1 Å². The molecule has 0 N–H and O–H groups in total. The highest BCUT2D eigenvalue weighted by Gasteiger charge is 2.48. The molecule has 5 heteroatoms. The second kappa shape index (κ2) is 4.23. The molecule has 0 saturated carbocycles. The predicted octanol–water partition coefficient (Wildman–Crippen LogP) is 0.375. The number of carbonyl (C=O) groups excluding carboxylic acids is 3. The zero-order chi connectivity index (χ0) is 12.5. The summed E-state index contributed by atoms with van der Waals surface area (Å²) in [5.41, 5.74) is -0.450. The number of hydrogen-bond donors (Lipinski definition) is 0. The lowest BCUT2D eigenvalue weighted by molar-refractivity contribution is -0.154. The Balaban J connectivity index is 2.88. The monoisotopic (exact) mass is 227 g/mol. The molecule has 0 bridgehead atoms. The fourth-order valence-corrected chi connectivity index (χ4v) is 1.64. The number of esters is 1. The van der Waals surface area contributed by atoms with E-state index in [9.17, 15) is 14.4 Å². The van der Waals surface area contributed by atoms with Gasteiger partial charge < -0.3 is 9.64 Å². The first-order valence-electron chi connectivity index (χ1n) is 5.30. The summed E-state index contributed by atoms with van der Waals surface area (Å²) >= 11 is 0. The van der Waals surface area contributed by atoms with Crippen LogP contribution in [-0.4, -0.2) is 41.3 Å².